The van der Waals surface area contributed by atoms with Crippen LogP contribution < -0.4 is 4.90 Å². The largest absolute Gasteiger partial charge is 0.467 e. The number of esters is 1. The molecule has 2 rings (SSSR count). The van der Waals surface area contributed by atoms with Gasteiger partial charge >= 0.3 is 5.97 Å². The number of anilines is 1. The van der Waals surface area contributed by atoms with E-state index in [0.29, 0.717) is 11.0 Å². The van der Waals surface area contributed by atoms with Crippen LogP contribution in [0.1, 0.15) is 12.8 Å². The molecule has 0 bridgehead atoms. The van der Waals surface area contributed by atoms with E-state index in [9.17, 15) is 4.79 Å². The Kier molecular flexibility index (Phi) is 3.24. The zero-order valence-corrected chi connectivity index (χ0v) is 9.65. The first-order valence-electron chi connectivity index (χ1n) is 5.04. The summed E-state index contributed by atoms with van der Waals surface area (Å²) in [5, 5.41) is 0.375. The van der Waals surface area contributed by atoms with Gasteiger partial charge in [0, 0.05) is 12.6 Å². The predicted molar refractivity (Wildman–Crippen MR) is 59.4 cm³/mol. The SMILES string of the molecule is COC(=O)[C@@H]1CCCN1c1cc(Cl)ncn1. The fourth-order valence-corrected chi connectivity index (χ4v) is 2.04. The Labute approximate surface area is 98.4 Å². The van der Waals surface area contributed by atoms with Gasteiger partial charge in [-0.05, 0) is 12.8 Å². The van der Waals surface area contributed by atoms with E-state index in [1.807, 2.05) is 4.90 Å². The van der Waals surface area contributed by atoms with Crippen molar-refractivity contribution in [2.45, 2.75) is 18.9 Å². The van der Waals surface area contributed by atoms with Crippen molar-refractivity contribution in [2.24, 2.45) is 0 Å². The Morgan fingerprint density at radius 2 is 2.44 bits per heavy atom. The number of aromatic nitrogens is 2. The summed E-state index contributed by atoms with van der Waals surface area (Å²) in [5.41, 5.74) is 0. The molecule has 0 unspecified atom stereocenters. The van der Waals surface area contributed by atoms with Crippen LogP contribution in [0.4, 0.5) is 5.82 Å². The molecule has 0 amide bonds. The highest BCUT2D eigenvalue weighted by molar-refractivity contribution is 6.29. The lowest BCUT2D eigenvalue weighted by Crippen LogP contribution is -2.37. The smallest absolute Gasteiger partial charge is 0.328 e. The Bertz CT molecular complexity index is 399. The van der Waals surface area contributed by atoms with Gasteiger partial charge in [-0.1, -0.05) is 11.6 Å². The number of carbonyl (C=O) groups is 1. The number of halogens is 1. The third kappa shape index (κ3) is 2.09. The van der Waals surface area contributed by atoms with Crippen LogP contribution >= 0.6 is 11.6 Å². The van der Waals surface area contributed by atoms with E-state index < -0.39 is 0 Å². The second-order valence-corrected chi connectivity index (χ2v) is 3.96. The molecule has 0 N–H and O–H groups in total. The summed E-state index contributed by atoms with van der Waals surface area (Å²) < 4.78 is 4.76. The van der Waals surface area contributed by atoms with E-state index in [1.165, 1.54) is 13.4 Å². The lowest BCUT2D eigenvalue weighted by atomic mass is 10.2. The second-order valence-electron chi connectivity index (χ2n) is 3.57. The van der Waals surface area contributed by atoms with Crippen LogP contribution in [-0.4, -0.2) is 35.6 Å². The fourth-order valence-electron chi connectivity index (χ4n) is 1.90. The molecule has 1 atom stereocenters. The Morgan fingerprint density at radius 1 is 1.62 bits per heavy atom. The van der Waals surface area contributed by atoms with Crippen molar-refractivity contribution in [1.82, 2.24) is 9.97 Å². The van der Waals surface area contributed by atoms with Gasteiger partial charge in [0.05, 0.1) is 7.11 Å². The summed E-state index contributed by atoms with van der Waals surface area (Å²) in [6, 6.07) is 1.40. The summed E-state index contributed by atoms with van der Waals surface area (Å²) >= 11 is 5.79. The van der Waals surface area contributed by atoms with Crippen molar-refractivity contribution >= 4 is 23.4 Å². The van der Waals surface area contributed by atoms with Gasteiger partial charge in [-0.3, -0.25) is 0 Å². The Hall–Kier alpha value is -1.36. The Balaban J connectivity index is 2.23. The highest BCUT2D eigenvalue weighted by Gasteiger charge is 2.32. The van der Waals surface area contributed by atoms with Gasteiger partial charge in [-0.2, -0.15) is 0 Å². The van der Waals surface area contributed by atoms with Gasteiger partial charge < -0.3 is 9.64 Å². The topological polar surface area (TPSA) is 55.3 Å². The molecule has 0 saturated carbocycles. The molecule has 86 valence electrons. The lowest BCUT2D eigenvalue weighted by molar-refractivity contribution is -0.141. The number of nitrogens with zero attached hydrogens (tertiary/aromatic N) is 3. The molecular formula is C10H12ClN3O2. The fraction of sp³-hybridized carbons (Fsp3) is 0.500. The molecule has 0 radical (unpaired) electrons. The molecule has 0 spiro atoms. The van der Waals surface area contributed by atoms with E-state index in [1.54, 1.807) is 6.07 Å². The Morgan fingerprint density at radius 3 is 3.12 bits per heavy atom. The van der Waals surface area contributed by atoms with Crippen LogP contribution in [0.25, 0.3) is 0 Å². The van der Waals surface area contributed by atoms with Crippen molar-refractivity contribution in [3.05, 3.63) is 17.5 Å². The van der Waals surface area contributed by atoms with Crippen molar-refractivity contribution in [3.8, 4) is 0 Å². The first-order valence-corrected chi connectivity index (χ1v) is 5.42. The zero-order valence-electron chi connectivity index (χ0n) is 8.89. The summed E-state index contributed by atoms with van der Waals surface area (Å²) in [6.45, 7) is 0.785. The minimum Gasteiger partial charge on any atom is -0.467 e. The third-order valence-corrected chi connectivity index (χ3v) is 2.85. The molecule has 1 saturated heterocycles. The monoisotopic (exact) mass is 241 g/mol. The summed E-state index contributed by atoms with van der Waals surface area (Å²) in [5.74, 6) is 0.445. The maximum atomic E-state index is 11.5. The van der Waals surface area contributed by atoms with Gasteiger partial charge in [0.25, 0.3) is 0 Å². The molecule has 1 aliphatic rings. The van der Waals surface area contributed by atoms with Crippen LogP contribution in [-0.2, 0) is 9.53 Å². The summed E-state index contributed by atoms with van der Waals surface area (Å²) in [7, 11) is 1.39. The molecule has 0 aromatic carbocycles. The van der Waals surface area contributed by atoms with Crippen molar-refractivity contribution in [3.63, 3.8) is 0 Å². The first-order chi connectivity index (χ1) is 7.72. The van der Waals surface area contributed by atoms with Gasteiger partial charge in [0.15, 0.2) is 0 Å². The minimum atomic E-state index is -0.254. The molecular weight excluding hydrogens is 230 g/mol. The molecule has 1 aromatic heterocycles. The second kappa shape index (κ2) is 4.65. The molecule has 1 aromatic rings. The van der Waals surface area contributed by atoms with Crippen LogP contribution in [0.15, 0.2) is 12.4 Å². The van der Waals surface area contributed by atoms with Crippen LogP contribution in [0.3, 0.4) is 0 Å². The van der Waals surface area contributed by atoms with Gasteiger partial charge in [-0.15, -0.1) is 0 Å². The van der Waals surface area contributed by atoms with Crippen LogP contribution in [0.5, 0.6) is 0 Å². The molecule has 2 heterocycles. The van der Waals surface area contributed by atoms with Gasteiger partial charge in [-0.25, -0.2) is 14.8 Å². The number of hydrogen-bond acceptors (Lipinski definition) is 5. The molecule has 5 nitrogen and oxygen atoms in total. The number of carbonyl (C=O) groups excluding carboxylic acids is 1. The third-order valence-electron chi connectivity index (χ3n) is 2.64. The van der Waals surface area contributed by atoms with E-state index in [0.717, 1.165) is 19.4 Å². The molecule has 0 aliphatic carbocycles. The highest BCUT2D eigenvalue weighted by atomic mass is 35.5. The first kappa shape index (κ1) is 11.1. The van der Waals surface area contributed by atoms with Crippen LogP contribution in [0, 0.1) is 0 Å². The maximum absolute atomic E-state index is 11.5. The normalized spacial score (nSPS) is 19.9. The van der Waals surface area contributed by atoms with E-state index in [2.05, 4.69) is 9.97 Å². The predicted octanol–water partition coefficient (Wildman–Crippen LogP) is 1.27. The molecule has 16 heavy (non-hydrogen) atoms. The average Bonchev–Trinajstić information content (AvgIpc) is 2.77. The molecule has 1 fully saturated rings. The quantitative estimate of drug-likeness (QED) is 0.577. The lowest BCUT2D eigenvalue weighted by Gasteiger charge is -2.23. The average molecular weight is 242 g/mol. The highest BCUT2D eigenvalue weighted by Crippen LogP contribution is 2.25. The zero-order chi connectivity index (χ0) is 11.5. The minimum absolute atomic E-state index is 0.229. The van der Waals surface area contributed by atoms with Crippen molar-refractivity contribution in [2.75, 3.05) is 18.6 Å². The van der Waals surface area contributed by atoms with E-state index in [-0.39, 0.29) is 12.0 Å². The van der Waals surface area contributed by atoms with Crippen LogP contribution in [0.2, 0.25) is 5.15 Å². The standard InChI is InChI=1S/C10H12ClN3O2/c1-16-10(15)7-3-2-4-14(7)9-5-8(11)12-6-13-9/h5-7H,2-4H2,1H3/t7-/m0/s1. The number of rotatable bonds is 2. The maximum Gasteiger partial charge on any atom is 0.328 e. The number of ether oxygens (including phenoxy) is 1. The van der Waals surface area contributed by atoms with Crippen molar-refractivity contribution < 1.29 is 9.53 Å². The van der Waals surface area contributed by atoms with Gasteiger partial charge in [0.2, 0.25) is 0 Å². The van der Waals surface area contributed by atoms with E-state index in [4.69, 9.17) is 16.3 Å². The van der Waals surface area contributed by atoms with Gasteiger partial charge in [0.1, 0.15) is 23.3 Å². The summed E-state index contributed by atoms with van der Waals surface area (Å²) in [6.07, 6.45) is 3.13. The van der Waals surface area contributed by atoms with Crippen molar-refractivity contribution in [1.29, 1.82) is 0 Å². The summed E-state index contributed by atoms with van der Waals surface area (Å²) in [4.78, 5) is 21.4. The molecule has 1 aliphatic heterocycles. The number of methoxy groups -OCH3 is 1. The van der Waals surface area contributed by atoms with E-state index >= 15 is 0 Å². The molecule has 6 heteroatoms. The number of hydrogen-bond donors (Lipinski definition) is 0.